The van der Waals surface area contributed by atoms with Crippen LogP contribution in [0, 0.1) is 5.92 Å². The zero-order chi connectivity index (χ0) is 13.2. The van der Waals surface area contributed by atoms with Crippen LogP contribution in [0.25, 0.3) is 0 Å². The standard InChI is InChI=1S/C17H26N2/c1-3-13(2)14-4-6-16(7-5-14)18-17-9-11-19-10-8-15(17)12-19/h4-7,13,15,17-18H,3,8-12H2,1-2H3. The Balaban J connectivity index is 1.63. The predicted octanol–water partition coefficient (Wildman–Crippen LogP) is 3.71. The van der Waals surface area contributed by atoms with Gasteiger partial charge in [0.15, 0.2) is 0 Å². The first-order valence-electron chi connectivity index (χ1n) is 7.85. The van der Waals surface area contributed by atoms with Crippen LogP contribution < -0.4 is 5.32 Å². The summed E-state index contributed by atoms with van der Waals surface area (Å²) in [6.07, 6.45) is 3.90. The summed E-state index contributed by atoms with van der Waals surface area (Å²) in [6, 6.07) is 9.81. The first kappa shape index (κ1) is 13.0. The van der Waals surface area contributed by atoms with Crippen molar-refractivity contribution in [3.63, 3.8) is 0 Å². The summed E-state index contributed by atoms with van der Waals surface area (Å²) >= 11 is 0. The van der Waals surface area contributed by atoms with Gasteiger partial charge in [-0.3, -0.25) is 0 Å². The Kier molecular flexibility index (Phi) is 3.79. The molecule has 1 aromatic rings. The van der Waals surface area contributed by atoms with Crippen molar-refractivity contribution in [3.05, 3.63) is 29.8 Å². The SMILES string of the molecule is CCC(C)c1ccc(NC2CCN3CCC2C3)cc1. The number of piperidine rings is 1. The van der Waals surface area contributed by atoms with E-state index in [4.69, 9.17) is 0 Å². The molecule has 0 spiro atoms. The van der Waals surface area contributed by atoms with Gasteiger partial charge in [0.05, 0.1) is 0 Å². The summed E-state index contributed by atoms with van der Waals surface area (Å²) in [5, 5.41) is 3.77. The van der Waals surface area contributed by atoms with E-state index >= 15 is 0 Å². The Morgan fingerprint density at radius 2 is 1.95 bits per heavy atom. The van der Waals surface area contributed by atoms with Gasteiger partial charge in [0.2, 0.25) is 0 Å². The van der Waals surface area contributed by atoms with E-state index in [2.05, 4.69) is 48.3 Å². The van der Waals surface area contributed by atoms with Gasteiger partial charge in [-0.05, 0) is 55.3 Å². The van der Waals surface area contributed by atoms with E-state index in [0.29, 0.717) is 12.0 Å². The second-order valence-electron chi connectivity index (χ2n) is 6.32. The summed E-state index contributed by atoms with van der Waals surface area (Å²) in [5.41, 5.74) is 2.76. The third-order valence-corrected chi connectivity index (χ3v) is 5.08. The fourth-order valence-corrected chi connectivity index (χ4v) is 3.50. The molecule has 4 unspecified atom stereocenters. The predicted molar refractivity (Wildman–Crippen MR) is 81.7 cm³/mol. The Bertz CT molecular complexity index is 412. The average Bonchev–Trinajstić information content (AvgIpc) is 2.85. The maximum absolute atomic E-state index is 3.77. The van der Waals surface area contributed by atoms with Crippen molar-refractivity contribution in [2.75, 3.05) is 25.0 Å². The first-order valence-corrected chi connectivity index (χ1v) is 7.85. The number of hydrogen-bond donors (Lipinski definition) is 1. The third-order valence-electron chi connectivity index (χ3n) is 5.08. The fraction of sp³-hybridized carbons (Fsp3) is 0.647. The van der Waals surface area contributed by atoms with Gasteiger partial charge in [0, 0.05) is 24.8 Å². The van der Waals surface area contributed by atoms with E-state index in [0.717, 1.165) is 5.92 Å². The topological polar surface area (TPSA) is 15.3 Å². The van der Waals surface area contributed by atoms with Crippen molar-refractivity contribution >= 4 is 5.69 Å². The number of anilines is 1. The smallest absolute Gasteiger partial charge is 0.0342 e. The average molecular weight is 258 g/mol. The van der Waals surface area contributed by atoms with Crippen LogP contribution in [-0.2, 0) is 0 Å². The van der Waals surface area contributed by atoms with Crippen LogP contribution in [0.1, 0.15) is 44.6 Å². The van der Waals surface area contributed by atoms with Gasteiger partial charge in [-0.15, -0.1) is 0 Å². The van der Waals surface area contributed by atoms with E-state index in [1.54, 1.807) is 0 Å². The van der Waals surface area contributed by atoms with Crippen molar-refractivity contribution in [3.8, 4) is 0 Å². The molecule has 1 N–H and O–H groups in total. The normalized spacial score (nSPS) is 31.2. The summed E-state index contributed by atoms with van der Waals surface area (Å²) in [7, 11) is 0. The van der Waals surface area contributed by atoms with E-state index < -0.39 is 0 Å². The molecule has 0 saturated carbocycles. The van der Waals surface area contributed by atoms with Crippen LogP contribution in [0.5, 0.6) is 0 Å². The van der Waals surface area contributed by atoms with Crippen LogP contribution >= 0.6 is 0 Å². The molecule has 19 heavy (non-hydrogen) atoms. The molecule has 2 aliphatic heterocycles. The van der Waals surface area contributed by atoms with Crippen molar-refractivity contribution in [1.82, 2.24) is 4.90 Å². The largest absolute Gasteiger partial charge is 0.382 e. The highest BCUT2D eigenvalue weighted by Gasteiger charge is 2.33. The third kappa shape index (κ3) is 2.79. The Morgan fingerprint density at radius 3 is 2.68 bits per heavy atom. The minimum absolute atomic E-state index is 0.673. The number of benzene rings is 1. The van der Waals surface area contributed by atoms with Crippen LogP contribution in [0.4, 0.5) is 5.69 Å². The van der Waals surface area contributed by atoms with E-state index in [9.17, 15) is 0 Å². The van der Waals surface area contributed by atoms with Gasteiger partial charge in [-0.2, -0.15) is 0 Å². The van der Waals surface area contributed by atoms with Crippen LogP contribution in [0.15, 0.2) is 24.3 Å². The van der Waals surface area contributed by atoms with Gasteiger partial charge < -0.3 is 10.2 Å². The van der Waals surface area contributed by atoms with E-state index in [-0.39, 0.29) is 0 Å². The van der Waals surface area contributed by atoms with E-state index in [1.165, 1.54) is 50.1 Å². The number of nitrogens with one attached hydrogen (secondary N) is 1. The molecule has 2 aliphatic rings. The molecule has 2 bridgehead atoms. The minimum atomic E-state index is 0.673. The van der Waals surface area contributed by atoms with Crippen LogP contribution in [0.3, 0.4) is 0 Å². The second kappa shape index (κ2) is 5.54. The molecule has 4 atom stereocenters. The Hall–Kier alpha value is -1.02. The maximum Gasteiger partial charge on any atom is 0.0342 e. The quantitative estimate of drug-likeness (QED) is 0.885. The van der Waals surface area contributed by atoms with Crippen LogP contribution in [0.2, 0.25) is 0 Å². The number of nitrogens with zero attached hydrogens (tertiary/aromatic N) is 1. The molecular weight excluding hydrogens is 232 g/mol. The van der Waals surface area contributed by atoms with Crippen molar-refractivity contribution in [1.29, 1.82) is 0 Å². The maximum atomic E-state index is 3.77. The fourth-order valence-electron chi connectivity index (χ4n) is 3.50. The van der Waals surface area contributed by atoms with Gasteiger partial charge in [0.25, 0.3) is 0 Å². The Morgan fingerprint density at radius 1 is 1.21 bits per heavy atom. The zero-order valence-electron chi connectivity index (χ0n) is 12.2. The second-order valence-corrected chi connectivity index (χ2v) is 6.32. The molecule has 0 radical (unpaired) electrons. The minimum Gasteiger partial charge on any atom is -0.382 e. The van der Waals surface area contributed by atoms with Crippen molar-refractivity contribution in [2.24, 2.45) is 5.92 Å². The summed E-state index contributed by atoms with van der Waals surface area (Å²) < 4.78 is 0. The molecule has 2 heterocycles. The molecule has 3 rings (SSSR count). The summed E-state index contributed by atoms with van der Waals surface area (Å²) in [6.45, 7) is 8.46. The van der Waals surface area contributed by atoms with Gasteiger partial charge in [-0.25, -0.2) is 0 Å². The molecular formula is C17H26N2. The molecule has 0 aliphatic carbocycles. The molecule has 2 nitrogen and oxygen atoms in total. The lowest BCUT2D eigenvalue weighted by atomic mass is 9.93. The van der Waals surface area contributed by atoms with Gasteiger partial charge in [0.1, 0.15) is 0 Å². The molecule has 104 valence electrons. The van der Waals surface area contributed by atoms with Crippen LogP contribution in [-0.4, -0.2) is 30.6 Å². The molecule has 2 heteroatoms. The summed E-state index contributed by atoms with van der Waals surface area (Å²) in [5.74, 6) is 1.54. The monoisotopic (exact) mass is 258 g/mol. The number of rotatable bonds is 4. The lowest BCUT2D eigenvalue weighted by molar-refractivity contribution is 0.255. The molecule has 1 aromatic carbocycles. The Labute approximate surface area is 117 Å². The lowest BCUT2D eigenvalue weighted by Gasteiger charge is -2.31. The molecule has 2 saturated heterocycles. The van der Waals surface area contributed by atoms with Gasteiger partial charge in [-0.1, -0.05) is 26.0 Å². The molecule has 0 aromatic heterocycles. The highest BCUT2D eigenvalue weighted by molar-refractivity contribution is 5.46. The lowest BCUT2D eigenvalue weighted by Crippen LogP contribution is -2.39. The molecule has 0 amide bonds. The number of hydrogen-bond acceptors (Lipinski definition) is 2. The van der Waals surface area contributed by atoms with Crippen molar-refractivity contribution in [2.45, 2.75) is 45.1 Å². The van der Waals surface area contributed by atoms with E-state index in [1.807, 2.05) is 0 Å². The highest BCUT2D eigenvalue weighted by Crippen LogP contribution is 2.30. The zero-order valence-corrected chi connectivity index (χ0v) is 12.2. The molecule has 2 fully saturated rings. The highest BCUT2D eigenvalue weighted by atomic mass is 15.2. The van der Waals surface area contributed by atoms with Gasteiger partial charge >= 0.3 is 0 Å². The van der Waals surface area contributed by atoms with Crippen molar-refractivity contribution < 1.29 is 0 Å². The first-order chi connectivity index (χ1) is 9.26. The summed E-state index contributed by atoms with van der Waals surface area (Å²) in [4.78, 5) is 2.61. The number of fused-ring (bicyclic) bond motifs is 2.